The summed E-state index contributed by atoms with van der Waals surface area (Å²) in [6.07, 6.45) is 8.76. The molecule has 0 aromatic heterocycles. The lowest BCUT2D eigenvalue weighted by molar-refractivity contribution is -0.153. The molecule has 22 heavy (non-hydrogen) atoms. The first-order valence-corrected chi connectivity index (χ1v) is 8.84. The Morgan fingerprint density at radius 1 is 1.14 bits per heavy atom. The number of aliphatic hydroxyl groups excluding tert-OH is 2. The van der Waals surface area contributed by atoms with Crippen LogP contribution in [0.25, 0.3) is 0 Å². The fourth-order valence-corrected chi connectivity index (χ4v) is 4.72. The molecule has 7 atom stereocenters. The van der Waals surface area contributed by atoms with Crippen molar-refractivity contribution in [2.24, 2.45) is 23.7 Å². The molecular weight excluding hydrogens is 280 g/mol. The third-order valence-corrected chi connectivity index (χ3v) is 5.80. The van der Waals surface area contributed by atoms with Gasteiger partial charge in [-0.3, -0.25) is 4.79 Å². The fourth-order valence-electron chi connectivity index (χ4n) is 4.72. The Morgan fingerprint density at radius 2 is 1.91 bits per heavy atom. The predicted octanol–water partition coefficient (Wildman–Crippen LogP) is 2.43. The van der Waals surface area contributed by atoms with Gasteiger partial charge in [0.25, 0.3) is 0 Å². The number of hydrogen-bond acceptors (Lipinski definition) is 4. The van der Waals surface area contributed by atoms with E-state index in [9.17, 15) is 15.0 Å². The van der Waals surface area contributed by atoms with Crippen LogP contribution in [0.5, 0.6) is 0 Å². The second-order valence-corrected chi connectivity index (χ2v) is 7.16. The number of aliphatic hydroxyl groups is 2. The quantitative estimate of drug-likeness (QED) is 0.577. The second kappa shape index (κ2) is 6.71. The van der Waals surface area contributed by atoms with Crippen LogP contribution < -0.4 is 0 Å². The molecule has 0 aromatic carbocycles. The van der Waals surface area contributed by atoms with Crippen molar-refractivity contribution in [3.8, 4) is 0 Å². The highest BCUT2D eigenvalue weighted by Gasteiger charge is 2.65. The van der Waals surface area contributed by atoms with Gasteiger partial charge in [0, 0.05) is 12.3 Å². The maximum Gasteiger partial charge on any atom is 0.306 e. The standard InChI is InChI=1S/C18H28O4/c1-2-14-11-10-13(20)18-16(11)17(18)12(19)8-6-4-3-5-7-9-15(21)22-14/h4,6,11-14,16-20H,2-3,5,7-10H2,1H3/b6-4-/t11-,12?,13?,14?,16?,17+,18+/m0/s1. The highest BCUT2D eigenvalue weighted by atomic mass is 16.5. The first-order valence-electron chi connectivity index (χ1n) is 8.84. The topological polar surface area (TPSA) is 66.8 Å². The van der Waals surface area contributed by atoms with E-state index >= 15 is 0 Å². The molecule has 0 bridgehead atoms. The Bertz CT molecular complexity index is 433. The summed E-state index contributed by atoms with van der Waals surface area (Å²) in [6.45, 7) is 2.04. The maximum absolute atomic E-state index is 12.0. The van der Waals surface area contributed by atoms with E-state index in [0.717, 1.165) is 25.7 Å². The van der Waals surface area contributed by atoms with Crippen LogP contribution in [0.2, 0.25) is 0 Å². The van der Waals surface area contributed by atoms with Crippen molar-refractivity contribution in [3.05, 3.63) is 12.2 Å². The number of hydrogen-bond donors (Lipinski definition) is 2. The third kappa shape index (κ3) is 3.09. The summed E-state index contributed by atoms with van der Waals surface area (Å²) in [6, 6.07) is 0. The zero-order chi connectivity index (χ0) is 15.7. The minimum Gasteiger partial charge on any atom is -0.462 e. The van der Waals surface area contributed by atoms with E-state index in [1.165, 1.54) is 0 Å². The molecule has 0 spiro atoms. The monoisotopic (exact) mass is 308 g/mol. The number of cyclic esters (lactones) is 1. The van der Waals surface area contributed by atoms with Crippen LogP contribution >= 0.6 is 0 Å². The van der Waals surface area contributed by atoms with E-state index in [1.54, 1.807) is 0 Å². The van der Waals surface area contributed by atoms with Crippen molar-refractivity contribution in [1.82, 2.24) is 0 Å². The first kappa shape index (κ1) is 16.0. The number of rotatable bonds is 1. The fraction of sp³-hybridized carbons (Fsp3) is 0.833. The van der Waals surface area contributed by atoms with E-state index in [4.69, 9.17) is 4.74 Å². The molecule has 1 aliphatic heterocycles. The smallest absolute Gasteiger partial charge is 0.306 e. The largest absolute Gasteiger partial charge is 0.462 e. The van der Waals surface area contributed by atoms with Gasteiger partial charge < -0.3 is 14.9 Å². The molecule has 3 aliphatic rings. The van der Waals surface area contributed by atoms with E-state index in [1.807, 2.05) is 6.92 Å². The molecule has 0 aromatic rings. The Kier molecular flexibility index (Phi) is 4.88. The Morgan fingerprint density at radius 3 is 2.68 bits per heavy atom. The molecule has 0 amide bonds. The van der Waals surface area contributed by atoms with E-state index in [2.05, 4.69) is 12.2 Å². The summed E-state index contributed by atoms with van der Waals surface area (Å²) in [5, 5.41) is 20.7. The van der Waals surface area contributed by atoms with Crippen LogP contribution in [0.15, 0.2) is 12.2 Å². The highest BCUT2D eigenvalue weighted by molar-refractivity contribution is 5.69. The van der Waals surface area contributed by atoms with Gasteiger partial charge in [0.15, 0.2) is 0 Å². The summed E-state index contributed by atoms with van der Waals surface area (Å²) in [7, 11) is 0. The summed E-state index contributed by atoms with van der Waals surface area (Å²) in [4.78, 5) is 12.0. The van der Waals surface area contributed by atoms with Gasteiger partial charge in [-0.25, -0.2) is 0 Å². The third-order valence-electron chi connectivity index (χ3n) is 5.80. The van der Waals surface area contributed by atoms with Gasteiger partial charge >= 0.3 is 5.97 Å². The van der Waals surface area contributed by atoms with Crippen LogP contribution in [-0.2, 0) is 9.53 Å². The van der Waals surface area contributed by atoms with Crippen molar-refractivity contribution < 1.29 is 19.7 Å². The molecule has 0 radical (unpaired) electrons. The second-order valence-electron chi connectivity index (χ2n) is 7.16. The lowest BCUT2D eigenvalue weighted by Gasteiger charge is -2.27. The summed E-state index contributed by atoms with van der Waals surface area (Å²) >= 11 is 0. The van der Waals surface area contributed by atoms with Crippen LogP contribution in [0, 0.1) is 23.7 Å². The van der Waals surface area contributed by atoms with Gasteiger partial charge in [0.05, 0.1) is 12.2 Å². The van der Waals surface area contributed by atoms with Crippen LogP contribution in [0.3, 0.4) is 0 Å². The van der Waals surface area contributed by atoms with Crippen LogP contribution in [0.1, 0.15) is 51.9 Å². The molecule has 124 valence electrons. The average Bonchev–Trinajstić information content (AvgIpc) is 3.15. The lowest BCUT2D eigenvalue weighted by Crippen LogP contribution is -2.30. The minimum absolute atomic E-state index is 0.104. The molecular formula is C18H28O4. The van der Waals surface area contributed by atoms with Gasteiger partial charge in [0.2, 0.25) is 0 Å². The molecule has 3 rings (SSSR count). The normalized spacial score (nSPS) is 47.2. The Hall–Kier alpha value is -0.870. The minimum atomic E-state index is -0.375. The molecule has 2 fully saturated rings. The molecule has 2 N–H and O–H groups in total. The number of allylic oxidation sites excluding steroid dienone is 1. The molecule has 4 nitrogen and oxygen atoms in total. The van der Waals surface area contributed by atoms with Crippen molar-refractivity contribution in [1.29, 1.82) is 0 Å². The molecule has 1 heterocycles. The van der Waals surface area contributed by atoms with Gasteiger partial charge in [0.1, 0.15) is 6.10 Å². The van der Waals surface area contributed by atoms with Crippen molar-refractivity contribution in [2.45, 2.75) is 70.2 Å². The molecule has 2 saturated carbocycles. The lowest BCUT2D eigenvalue weighted by atomic mass is 9.89. The number of ether oxygens (including phenoxy) is 1. The summed E-state index contributed by atoms with van der Waals surface area (Å²) in [5.74, 6) is 0.795. The van der Waals surface area contributed by atoms with E-state index < -0.39 is 0 Å². The molecule has 4 unspecified atom stereocenters. The number of esters is 1. The molecule has 0 saturated heterocycles. The van der Waals surface area contributed by atoms with Gasteiger partial charge in [-0.15, -0.1) is 0 Å². The van der Waals surface area contributed by atoms with Gasteiger partial charge in [-0.05, 0) is 56.3 Å². The van der Waals surface area contributed by atoms with Gasteiger partial charge in [-0.2, -0.15) is 0 Å². The highest BCUT2D eigenvalue weighted by Crippen LogP contribution is 2.63. The summed E-state index contributed by atoms with van der Waals surface area (Å²) < 4.78 is 5.71. The SMILES string of the molecule is CCC1OC(=O)CCCC/C=C\CC(O)[C@@H]2C3[C@H]1CC(O)[C@H]32. The molecule has 4 heteroatoms. The average molecular weight is 308 g/mol. The summed E-state index contributed by atoms with van der Waals surface area (Å²) in [5.41, 5.74) is 0. The zero-order valence-electron chi connectivity index (χ0n) is 13.4. The van der Waals surface area contributed by atoms with Crippen molar-refractivity contribution in [2.75, 3.05) is 0 Å². The van der Waals surface area contributed by atoms with Crippen molar-refractivity contribution >= 4 is 5.97 Å². The number of carbonyl (C=O) groups excluding carboxylic acids is 1. The van der Waals surface area contributed by atoms with Crippen molar-refractivity contribution in [3.63, 3.8) is 0 Å². The zero-order valence-corrected chi connectivity index (χ0v) is 13.4. The Labute approximate surface area is 132 Å². The first-order chi connectivity index (χ1) is 10.6. The van der Waals surface area contributed by atoms with Crippen LogP contribution in [0.4, 0.5) is 0 Å². The predicted molar refractivity (Wildman–Crippen MR) is 83.0 cm³/mol. The molecule has 2 aliphatic carbocycles. The van der Waals surface area contributed by atoms with Gasteiger partial charge in [-0.1, -0.05) is 19.1 Å². The van der Waals surface area contributed by atoms with E-state index in [-0.39, 0.29) is 42.0 Å². The number of fused-ring (bicyclic) bond motifs is 1. The number of carbonyl (C=O) groups is 1. The van der Waals surface area contributed by atoms with Crippen LogP contribution in [-0.4, -0.2) is 34.5 Å². The van der Waals surface area contributed by atoms with E-state index in [0.29, 0.717) is 25.2 Å². The Balaban J connectivity index is 1.75. The maximum atomic E-state index is 12.0.